The maximum absolute atomic E-state index is 11.7. The zero-order valence-corrected chi connectivity index (χ0v) is 12.4. The fourth-order valence-electron chi connectivity index (χ4n) is 1.37. The molecule has 0 aliphatic carbocycles. The molecule has 4 N–H and O–H groups in total. The number of nitrogens with two attached hydrogens (primary N) is 1. The van der Waals surface area contributed by atoms with E-state index < -0.39 is 0 Å². The molecule has 8 nitrogen and oxygen atoms in total. The highest BCUT2D eigenvalue weighted by Gasteiger charge is 2.14. The van der Waals surface area contributed by atoms with Crippen molar-refractivity contribution in [1.29, 1.82) is 0 Å². The van der Waals surface area contributed by atoms with Gasteiger partial charge in [0.1, 0.15) is 16.6 Å². The Bertz CT molecular complexity index is 430. The predicted molar refractivity (Wildman–Crippen MR) is 75.7 cm³/mol. The van der Waals surface area contributed by atoms with Gasteiger partial charge in [0.05, 0.1) is 13.2 Å². The molecule has 0 fully saturated rings. The lowest BCUT2D eigenvalue weighted by molar-refractivity contribution is -0.119. The van der Waals surface area contributed by atoms with Crippen molar-refractivity contribution in [2.24, 2.45) is 5.84 Å². The van der Waals surface area contributed by atoms with Crippen LogP contribution in [0.25, 0.3) is 0 Å². The van der Waals surface area contributed by atoms with Gasteiger partial charge in [0.15, 0.2) is 5.82 Å². The van der Waals surface area contributed by atoms with E-state index in [-0.39, 0.29) is 12.5 Å². The summed E-state index contributed by atoms with van der Waals surface area (Å²) in [6, 6.07) is 0. The third kappa shape index (κ3) is 4.62. The fourth-order valence-corrected chi connectivity index (χ4v) is 1.99. The summed E-state index contributed by atoms with van der Waals surface area (Å²) in [6.07, 6.45) is 1.37. The van der Waals surface area contributed by atoms with Crippen molar-refractivity contribution < 1.29 is 9.53 Å². The number of methoxy groups -OCH3 is 1. The number of hydrazine groups is 1. The van der Waals surface area contributed by atoms with Gasteiger partial charge in [-0.3, -0.25) is 4.79 Å². The number of nitrogen functional groups attached to an aromatic ring is 1. The summed E-state index contributed by atoms with van der Waals surface area (Å²) in [6.45, 7) is 1.13. The number of likely N-dealkylation sites (N-methyl/N-ethyl adjacent to an activating group) is 1. The van der Waals surface area contributed by atoms with Gasteiger partial charge in [0.25, 0.3) is 0 Å². The highest BCUT2D eigenvalue weighted by atomic mass is 79.9. The van der Waals surface area contributed by atoms with Crippen LogP contribution in [-0.2, 0) is 9.53 Å². The number of amides is 1. The molecule has 0 saturated heterocycles. The third-order valence-electron chi connectivity index (χ3n) is 2.28. The van der Waals surface area contributed by atoms with Gasteiger partial charge in [-0.1, -0.05) is 0 Å². The Kier molecular flexibility index (Phi) is 6.46. The maximum atomic E-state index is 11.7. The molecule has 0 bridgehead atoms. The molecule has 1 aromatic heterocycles. The third-order valence-corrected chi connectivity index (χ3v) is 3.01. The minimum absolute atomic E-state index is 0.118. The number of rotatable bonds is 7. The van der Waals surface area contributed by atoms with Crippen molar-refractivity contribution in [2.45, 2.75) is 0 Å². The Labute approximate surface area is 119 Å². The average Bonchev–Trinajstić information content (AvgIpc) is 2.39. The van der Waals surface area contributed by atoms with Crippen molar-refractivity contribution in [2.75, 3.05) is 44.2 Å². The van der Waals surface area contributed by atoms with Gasteiger partial charge in [0, 0.05) is 20.7 Å². The number of ether oxygens (including phenoxy) is 1. The first kappa shape index (κ1) is 15.6. The molecule has 0 spiro atoms. The largest absolute Gasteiger partial charge is 0.383 e. The lowest BCUT2D eigenvalue weighted by Gasteiger charge is -2.19. The molecule has 1 aromatic rings. The number of halogens is 1. The summed E-state index contributed by atoms with van der Waals surface area (Å²) in [7, 11) is 3.33. The summed E-state index contributed by atoms with van der Waals surface area (Å²) in [4.78, 5) is 21.4. The number of nitrogens with zero attached hydrogens (tertiary/aromatic N) is 3. The van der Waals surface area contributed by atoms with Crippen LogP contribution in [0.1, 0.15) is 0 Å². The zero-order chi connectivity index (χ0) is 14.3. The molecule has 0 aliphatic rings. The first-order valence-electron chi connectivity index (χ1n) is 5.54. The number of carbonyl (C=O) groups is 1. The molecule has 106 valence electrons. The van der Waals surface area contributed by atoms with Crippen LogP contribution in [0, 0.1) is 0 Å². The van der Waals surface area contributed by atoms with Crippen LogP contribution in [-0.4, -0.2) is 49.7 Å². The Balaban J connectivity index is 2.62. The molecule has 0 aromatic carbocycles. The molecular weight excluding hydrogens is 316 g/mol. The van der Waals surface area contributed by atoms with Gasteiger partial charge in [0.2, 0.25) is 5.91 Å². The molecule has 0 unspecified atom stereocenters. The molecule has 19 heavy (non-hydrogen) atoms. The minimum Gasteiger partial charge on any atom is -0.383 e. The van der Waals surface area contributed by atoms with Crippen LogP contribution < -0.4 is 21.5 Å². The molecule has 1 heterocycles. The molecule has 0 saturated carbocycles. The highest BCUT2D eigenvalue weighted by molar-refractivity contribution is 9.10. The van der Waals surface area contributed by atoms with E-state index in [1.54, 1.807) is 19.1 Å². The van der Waals surface area contributed by atoms with Crippen molar-refractivity contribution in [3.05, 3.63) is 10.8 Å². The second kappa shape index (κ2) is 7.87. The topological polar surface area (TPSA) is 105 Å². The fraction of sp³-hybridized carbons (Fsp3) is 0.500. The van der Waals surface area contributed by atoms with Gasteiger partial charge in [-0.2, -0.15) is 0 Å². The lowest BCUT2D eigenvalue weighted by Crippen LogP contribution is -2.37. The van der Waals surface area contributed by atoms with Gasteiger partial charge in [-0.05, 0) is 15.9 Å². The SMILES string of the molecule is COCCNC(=O)CN(C)c1ncnc(NN)c1Br. The Morgan fingerprint density at radius 2 is 2.32 bits per heavy atom. The number of carbonyl (C=O) groups excluding carboxylic acids is 1. The van der Waals surface area contributed by atoms with E-state index in [1.165, 1.54) is 6.33 Å². The van der Waals surface area contributed by atoms with E-state index in [2.05, 4.69) is 36.6 Å². The monoisotopic (exact) mass is 332 g/mol. The second-order valence-corrected chi connectivity index (χ2v) is 4.50. The number of hydrogen-bond acceptors (Lipinski definition) is 7. The maximum Gasteiger partial charge on any atom is 0.239 e. The van der Waals surface area contributed by atoms with E-state index >= 15 is 0 Å². The Morgan fingerprint density at radius 3 is 2.95 bits per heavy atom. The van der Waals surface area contributed by atoms with Crippen molar-refractivity contribution in [1.82, 2.24) is 15.3 Å². The summed E-state index contributed by atoms with van der Waals surface area (Å²) in [5.41, 5.74) is 2.44. The van der Waals surface area contributed by atoms with E-state index in [9.17, 15) is 4.79 Å². The van der Waals surface area contributed by atoms with Crippen LogP contribution in [0.15, 0.2) is 10.8 Å². The average molecular weight is 333 g/mol. The predicted octanol–water partition coefficient (Wildman–Crippen LogP) is -0.276. The molecule has 0 radical (unpaired) electrons. The standard InChI is InChI=1S/C10H17BrN6O2/c1-17(5-7(18)13-3-4-19-2)10-8(11)9(16-12)14-6-15-10/h6H,3-5,12H2,1-2H3,(H,13,18)(H,14,15,16). The molecule has 0 aliphatic heterocycles. The van der Waals surface area contributed by atoms with Crippen molar-refractivity contribution in [3.8, 4) is 0 Å². The molecule has 9 heteroatoms. The van der Waals surface area contributed by atoms with Gasteiger partial charge >= 0.3 is 0 Å². The van der Waals surface area contributed by atoms with Crippen LogP contribution in [0.4, 0.5) is 11.6 Å². The summed E-state index contributed by atoms with van der Waals surface area (Å²) < 4.78 is 5.45. The smallest absolute Gasteiger partial charge is 0.239 e. The van der Waals surface area contributed by atoms with Gasteiger partial charge < -0.3 is 20.4 Å². The normalized spacial score (nSPS) is 10.1. The molecular formula is C10H17BrN6O2. The number of hydrogen-bond donors (Lipinski definition) is 3. The van der Waals surface area contributed by atoms with Crippen LogP contribution in [0.2, 0.25) is 0 Å². The Hall–Kier alpha value is -1.45. The van der Waals surface area contributed by atoms with E-state index in [0.717, 1.165) is 0 Å². The van der Waals surface area contributed by atoms with Crippen LogP contribution >= 0.6 is 15.9 Å². The van der Waals surface area contributed by atoms with Gasteiger partial charge in [-0.15, -0.1) is 0 Å². The van der Waals surface area contributed by atoms with E-state index in [1.807, 2.05) is 0 Å². The second-order valence-electron chi connectivity index (χ2n) is 3.70. The zero-order valence-electron chi connectivity index (χ0n) is 10.8. The number of aromatic nitrogens is 2. The molecule has 0 atom stereocenters. The van der Waals surface area contributed by atoms with Crippen LogP contribution in [0.3, 0.4) is 0 Å². The quantitative estimate of drug-likeness (QED) is 0.358. The number of nitrogens with one attached hydrogen (secondary N) is 2. The summed E-state index contributed by atoms with van der Waals surface area (Å²) in [5.74, 6) is 6.23. The Morgan fingerprint density at radius 1 is 1.58 bits per heavy atom. The first-order valence-corrected chi connectivity index (χ1v) is 6.33. The van der Waals surface area contributed by atoms with Gasteiger partial charge in [-0.25, -0.2) is 15.8 Å². The van der Waals surface area contributed by atoms with Crippen molar-refractivity contribution in [3.63, 3.8) is 0 Å². The lowest BCUT2D eigenvalue weighted by atomic mass is 10.4. The summed E-state index contributed by atoms with van der Waals surface area (Å²) in [5, 5.41) is 2.73. The summed E-state index contributed by atoms with van der Waals surface area (Å²) >= 11 is 3.33. The minimum atomic E-state index is -0.118. The van der Waals surface area contributed by atoms with E-state index in [0.29, 0.717) is 29.3 Å². The number of anilines is 2. The van der Waals surface area contributed by atoms with E-state index in [4.69, 9.17) is 10.6 Å². The van der Waals surface area contributed by atoms with Crippen molar-refractivity contribution >= 4 is 33.5 Å². The first-order chi connectivity index (χ1) is 9.10. The molecule has 1 amide bonds. The molecule has 1 rings (SSSR count). The van der Waals surface area contributed by atoms with Crippen LogP contribution in [0.5, 0.6) is 0 Å². The highest BCUT2D eigenvalue weighted by Crippen LogP contribution is 2.27.